The van der Waals surface area contributed by atoms with Gasteiger partial charge in [0.2, 0.25) is 0 Å². The number of likely N-dealkylation sites (N-methyl/N-ethyl adjacent to an activating group) is 1. The van der Waals surface area contributed by atoms with E-state index in [2.05, 4.69) is 10.6 Å². The van der Waals surface area contributed by atoms with Crippen LogP contribution in [0.1, 0.15) is 12.5 Å². The highest BCUT2D eigenvalue weighted by Crippen LogP contribution is 2.11. The molecule has 0 bridgehead atoms. The summed E-state index contributed by atoms with van der Waals surface area (Å²) < 4.78 is 10.3. The Balaban J connectivity index is 2.29. The van der Waals surface area contributed by atoms with Crippen LogP contribution in [0, 0.1) is 0 Å². The maximum atomic E-state index is 11.2. The van der Waals surface area contributed by atoms with Crippen molar-refractivity contribution >= 4 is 5.91 Å². The molecule has 0 aliphatic carbocycles. The zero-order valence-corrected chi connectivity index (χ0v) is 11.6. The number of amides is 1. The minimum Gasteiger partial charge on any atom is -0.484 e. The highest BCUT2D eigenvalue weighted by Gasteiger charge is 2.01. The maximum Gasteiger partial charge on any atom is 0.257 e. The van der Waals surface area contributed by atoms with Gasteiger partial charge >= 0.3 is 0 Å². The summed E-state index contributed by atoms with van der Waals surface area (Å²) in [5, 5.41) is 5.94. The molecule has 0 aromatic heterocycles. The molecule has 1 rings (SSSR count). The number of hydrogen-bond donors (Lipinski definition) is 2. The molecule has 0 radical (unpaired) electrons. The number of benzene rings is 1. The second kappa shape index (κ2) is 9.35. The molecule has 0 saturated heterocycles. The monoisotopic (exact) mass is 266 g/mol. The van der Waals surface area contributed by atoms with E-state index in [1.807, 2.05) is 31.2 Å². The lowest BCUT2D eigenvalue weighted by atomic mass is 10.2. The molecule has 0 fully saturated rings. The molecule has 5 nitrogen and oxygen atoms in total. The summed E-state index contributed by atoms with van der Waals surface area (Å²) in [6, 6.07) is 7.69. The third kappa shape index (κ3) is 6.79. The van der Waals surface area contributed by atoms with Gasteiger partial charge in [-0.05, 0) is 24.6 Å². The fraction of sp³-hybridized carbons (Fsp3) is 0.500. The predicted molar refractivity (Wildman–Crippen MR) is 74.2 cm³/mol. The number of carbonyl (C=O) groups is 1. The van der Waals surface area contributed by atoms with Crippen LogP contribution < -0.4 is 15.4 Å². The van der Waals surface area contributed by atoms with Crippen molar-refractivity contribution < 1.29 is 14.3 Å². The van der Waals surface area contributed by atoms with Gasteiger partial charge in [-0.2, -0.15) is 0 Å². The van der Waals surface area contributed by atoms with E-state index in [4.69, 9.17) is 9.47 Å². The lowest BCUT2D eigenvalue weighted by molar-refractivity contribution is -0.122. The number of methoxy groups -OCH3 is 1. The highest BCUT2D eigenvalue weighted by molar-refractivity contribution is 5.77. The van der Waals surface area contributed by atoms with Crippen molar-refractivity contribution in [3.8, 4) is 5.75 Å². The minimum absolute atomic E-state index is 0.0548. The van der Waals surface area contributed by atoms with Gasteiger partial charge in [-0.25, -0.2) is 0 Å². The van der Waals surface area contributed by atoms with Crippen LogP contribution in [0.5, 0.6) is 5.75 Å². The molecule has 0 atom stereocenters. The van der Waals surface area contributed by atoms with E-state index in [1.54, 1.807) is 7.11 Å². The fourth-order valence-corrected chi connectivity index (χ4v) is 1.51. The van der Waals surface area contributed by atoms with Crippen LogP contribution in [0.3, 0.4) is 0 Å². The Bertz CT molecular complexity index is 365. The molecule has 0 saturated carbocycles. The zero-order chi connectivity index (χ0) is 13.9. The maximum absolute atomic E-state index is 11.2. The molecule has 1 aromatic carbocycles. The Morgan fingerprint density at radius 2 is 2.00 bits per heavy atom. The van der Waals surface area contributed by atoms with Crippen molar-refractivity contribution in [2.45, 2.75) is 13.5 Å². The van der Waals surface area contributed by atoms with Crippen LogP contribution in [0.4, 0.5) is 0 Å². The molecule has 1 aromatic rings. The molecule has 106 valence electrons. The SMILES string of the molecule is CCNC(=O)COc1ccc(CNCCOC)cc1. The molecule has 19 heavy (non-hydrogen) atoms. The van der Waals surface area contributed by atoms with Crippen molar-refractivity contribution in [1.82, 2.24) is 10.6 Å². The van der Waals surface area contributed by atoms with E-state index in [1.165, 1.54) is 5.56 Å². The number of rotatable bonds is 9. The Morgan fingerprint density at radius 1 is 1.26 bits per heavy atom. The van der Waals surface area contributed by atoms with E-state index >= 15 is 0 Å². The van der Waals surface area contributed by atoms with Gasteiger partial charge in [-0.15, -0.1) is 0 Å². The minimum atomic E-state index is -0.104. The largest absolute Gasteiger partial charge is 0.484 e. The molecule has 0 aliphatic heterocycles. The van der Waals surface area contributed by atoms with Gasteiger partial charge in [-0.3, -0.25) is 4.79 Å². The molecule has 0 aliphatic rings. The molecular formula is C14H22N2O3. The first-order valence-electron chi connectivity index (χ1n) is 6.44. The summed E-state index contributed by atoms with van der Waals surface area (Å²) in [6.45, 7) is 4.87. The highest BCUT2D eigenvalue weighted by atomic mass is 16.5. The molecule has 0 spiro atoms. The van der Waals surface area contributed by atoms with Gasteiger partial charge in [0.1, 0.15) is 5.75 Å². The third-order valence-corrected chi connectivity index (χ3v) is 2.48. The fourth-order valence-electron chi connectivity index (χ4n) is 1.51. The van der Waals surface area contributed by atoms with Crippen molar-refractivity contribution in [3.63, 3.8) is 0 Å². The van der Waals surface area contributed by atoms with Crippen LogP contribution >= 0.6 is 0 Å². The first kappa shape index (κ1) is 15.5. The first-order valence-corrected chi connectivity index (χ1v) is 6.44. The van der Waals surface area contributed by atoms with E-state index < -0.39 is 0 Å². The average molecular weight is 266 g/mol. The Hall–Kier alpha value is -1.59. The van der Waals surface area contributed by atoms with Crippen molar-refractivity contribution in [2.75, 3.05) is 33.4 Å². The second-order valence-corrected chi connectivity index (χ2v) is 4.06. The third-order valence-electron chi connectivity index (χ3n) is 2.48. The van der Waals surface area contributed by atoms with E-state index in [0.29, 0.717) is 18.9 Å². The lowest BCUT2D eigenvalue weighted by Gasteiger charge is -2.08. The van der Waals surface area contributed by atoms with Gasteiger partial charge in [0.25, 0.3) is 5.91 Å². The van der Waals surface area contributed by atoms with E-state index in [-0.39, 0.29) is 12.5 Å². The average Bonchev–Trinajstić information content (AvgIpc) is 2.43. The number of nitrogens with one attached hydrogen (secondary N) is 2. The summed E-state index contributed by atoms with van der Waals surface area (Å²) in [5.74, 6) is 0.597. The van der Waals surface area contributed by atoms with Crippen LogP contribution in [0.2, 0.25) is 0 Å². The van der Waals surface area contributed by atoms with Gasteiger partial charge in [0, 0.05) is 26.7 Å². The predicted octanol–water partition coefficient (Wildman–Crippen LogP) is 0.937. The Morgan fingerprint density at radius 3 is 2.63 bits per heavy atom. The van der Waals surface area contributed by atoms with Gasteiger partial charge in [0.15, 0.2) is 6.61 Å². The molecular weight excluding hydrogens is 244 g/mol. The van der Waals surface area contributed by atoms with Crippen LogP contribution in [0.25, 0.3) is 0 Å². The zero-order valence-electron chi connectivity index (χ0n) is 11.6. The normalized spacial score (nSPS) is 10.2. The second-order valence-electron chi connectivity index (χ2n) is 4.06. The van der Waals surface area contributed by atoms with E-state index in [9.17, 15) is 4.79 Å². The van der Waals surface area contributed by atoms with Gasteiger partial charge in [0.05, 0.1) is 6.61 Å². The lowest BCUT2D eigenvalue weighted by Crippen LogP contribution is -2.28. The molecule has 2 N–H and O–H groups in total. The van der Waals surface area contributed by atoms with Crippen molar-refractivity contribution in [3.05, 3.63) is 29.8 Å². The summed E-state index contributed by atoms with van der Waals surface area (Å²) in [7, 11) is 1.68. The molecule has 5 heteroatoms. The summed E-state index contributed by atoms with van der Waals surface area (Å²) in [6.07, 6.45) is 0. The smallest absolute Gasteiger partial charge is 0.257 e. The topological polar surface area (TPSA) is 59.6 Å². The van der Waals surface area contributed by atoms with Crippen LogP contribution in [-0.2, 0) is 16.1 Å². The standard InChI is InChI=1S/C14H22N2O3/c1-3-16-14(17)11-19-13-6-4-12(5-7-13)10-15-8-9-18-2/h4-7,15H,3,8-11H2,1-2H3,(H,16,17). The van der Waals surface area contributed by atoms with E-state index in [0.717, 1.165) is 13.1 Å². The van der Waals surface area contributed by atoms with Crippen LogP contribution in [0.15, 0.2) is 24.3 Å². The number of ether oxygens (including phenoxy) is 2. The van der Waals surface area contributed by atoms with Crippen molar-refractivity contribution in [1.29, 1.82) is 0 Å². The van der Waals surface area contributed by atoms with Gasteiger partial charge < -0.3 is 20.1 Å². The number of carbonyl (C=O) groups excluding carboxylic acids is 1. The quantitative estimate of drug-likeness (QED) is 0.653. The summed E-state index contributed by atoms with van der Waals surface area (Å²) in [4.78, 5) is 11.2. The number of hydrogen-bond acceptors (Lipinski definition) is 4. The summed E-state index contributed by atoms with van der Waals surface area (Å²) in [5.41, 5.74) is 1.17. The first-order chi connectivity index (χ1) is 9.26. The van der Waals surface area contributed by atoms with Crippen LogP contribution in [-0.4, -0.2) is 39.3 Å². The molecule has 0 heterocycles. The molecule has 0 unspecified atom stereocenters. The Kier molecular flexibility index (Phi) is 7.62. The Labute approximate surface area is 114 Å². The van der Waals surface area contributed by atoms with Gasteiger partial charge in [-0.1, -0.05) is 12.1 Å². The summed E-state index contributed by atoms with van der Waals surface area (Å²) >= 11 is 0. The van der Waals surface area contributed by atoms with Crippen molar-refractivity contribution in [2.24, 2.45) is 0 Å². The molecule has 1 amide bonds.